The third kappa shape index (κ3) is 6.32. The maximum Gasteiger partial charge on any atom is 0.257 e. The van der Waals surface area contributed by atoms with Crippen LogP contribution in [0.15, 0.2) is 36.4 Å². The molecule has 0 heterocycles. The van der Waals surface area contributed by atoms with E-state index in [-0.39, 0.29) is 22.6 Å². The van der Waals surface area contributed by atoms with E-state index in [1.165, 1.54) is 33.5 Å². The predicted octanol–water partition coefficient (Wildman–Crippen LogP) is 3.37. The first-order valence-corrected chi connectivity index (χ1v) is 10.1. The SMILES string of the molecule is CCC(C)NC(=O)c1cccc(NC(=S)NC(=O)c2cc(OC)c(OC)c(OC)c2)c1. The van der Waals surface area contributed by atoms with Crippen LogP contribution in [-0.4, -0.2) is 44.3 Å². The largest absolute Gasteiger partial charge is 0.493 e. The minimum Gasteiger partial charge on any atom is -0.493 e. The number of thiocarbonyl (C=S) groups is 1. The van der Waals surface area contributed by atoms with Crippen molar-refractivity contribution >= 4 is 34.8 Å². The van der Waals surface area contributed by atoms with Crippen LogP contribution in [0, 0.1) is 0 Å². The Labute approximate surface area is 187 Å². The van der Waals surface area contributed by atoms with E-state index in [1.807, 2.05) is 13.8 Å². The number of hydrogen-bond acceptors (Lipinski definition) is 6. The Morgan fingerprint density at radius 3 is 2.16 bits per heavy atom. The number of hydrogen-bond donors (Lipinski definition) is 3. The molecule has 0 saturated carbocycles. The van der Waals surface area contributed by atoms with Crippen molar-refractivity contribution < 1.29 is 23.8 Å². The molecule has 2 aromatic rings. The number of nitrogens with one attached hydrogen (secondary N) is 3. The van der Waals surface area contributed by atoms with Gasteiger partial charge >= 0.3 is 0 Å². The van der Waals surface area contributed by atoms with Gasteiger partial charge in [-0.25, -0.2) is 0 Å². The van der Waals surface area contributed by atoms with Crippen LogP contribution in [0.2, 0.25) is 0 Å². The molecule has 0 aliphatic heterocycles. The fraction of sp³-hybridized carbons (Fsp3) is 0.318. The van der Waals surface area contributed by atoms with E-state index in [9.17, 15) is 9.59 Å². The Kier molecular flexibility index (Phi) is 8.63. The van der Waals surface area contributed by atoms with Crippen LogP contribution < -0.4 is 30.2 Å². The summed E-state index contributed by atoms with van der Waals surface area (Å²) in [5.41, 5.74) is 1.34. The molecule has 3 N–H and O–H groups in total. The molecule has 0 spiro atoms. The second-order valence-corrected chi connectivity index (χ2v) is 7.09. The van der Waals surface area contributed by atoms with Crippen molar-refractivity contribution in [1.29, 1.82) is 0 Å². The van der Waals surface area contributed by atoms with Gasteiger partial charge in [0.1, 0.15) is 0 Å². The normalized spacial score (nSPS) is 11.1. The molecule has 0 bridgehead atoms. The zero-order valence-corrected chi connectivity index (χ0v) is 19.0. The summed E-state index contributed by atoms with van der Waals surface area (Å²) in [6, 6.07) is 9.98. The molecule has 9 heteroatoms. The highest BCUT2D eigenvalue weighted by molar-refractivity contribution is 7.80. The fourth-order valence-corrected chi connectivity index (χ4v) is 2.91. The molecule has 8 nitrogen and oxygen atoms in total. The van der Waals surface area contributed by atoms with Crippen LogP contribution >= 0.6 is 12.2 Å². The topological polar surface area (TPSA) is 97.9 Å². The molecular formula is C22H27N3O5S. The van der Waals surface area contributed by atoms with Crippen molar-refractivity contribution in [3.8, 4) is 17.2 Å². The number of methoxy groups -OCH3 is 3. The number of rotatable bonds is 8. The van der Waals surface area contributed by atoms with E-state index < -0.39 is 5.91 Å². The molecule has 2 aromatic carbocycles. The Bertz CT molecular complexity index is 939. The molecule has 2 rings (SSSR count). The van der Waals surface area contributed by atoms with Crippen LogP contribution in [0.5, 0.6) is 17.2 Å². The summed E-state index contributed by atoms with van der Waals surface area (Å²) in [4.78, 5) is 25.0. The van der Waals surface area contributed by atoms with Crippen LogP contribution in [0.3, 0.4) is 0 Å². The third-order valence-electron chi connectivity index (χ3n) is 4.53. The van der Waals surface area contributed by atoms with Crippen molar-refractivity contribution in [2.45, 2.75) is 26.3 Å². The van der Waals surface area contributed by atoms with E-state index in [0.717, 1.165) is 6.42 Å². The lowest BCUT2D eigenvalue weighted by molar-refractivity contribution is 0.0937. The molecule has 0 saturated heterocycles. The van der Waals surface area contributed by atoms with E-state index in [1.54, 1.807) is 24.3 Å². The second kappa shape index (κ2) is 11.2. The molecule has 1 unspecified atom stereocenters. The second-order valence-electron chi connectivity index (χ2n) is 6.69. The molecule has 0 fully saturated rings. The maximum absolute atomic E-state index is 12.7. The summed E-state index contributed by atoms with van der Waals surface area (Å²) >= 11 is 5.25. The first-order valence-electron chi connectivity index (χ1n) is 9.66. The molecular weight excluding hydrogens is 418 g/mol. The maximum atomic E-state index is 12.7. The van der Waals surface area contributed by atoms with Gasteiger partial charge in [0.25, 0.3) is 11.8 Å². The van der Waals surface area contributed by atoms with E-state index in [0.29, 0.717) is 28.5 Å². The summed E-state index contributed by atoms with van der Waals surface area (Å²) in [5, 5.41) is 8.51. The highest BCUT2D eigenvalue weighted by Crippen LogP contribution is 2.38. The zero-order chi connectivity index (χ0) is 23.0. The summed E-state index contributed by atoms with van der Waals surface area (Å²) < 4.78 is 15.8. The number of carbonyl (C=O) groups is 2. The lowest BCUT2D eigenvalue weighted by atomic mass is 10.1. The van der Waals surface area contributed by atoms with Gasteiger partial charge in [-0.15, -0.1) is 0 Å². The fourth-order valence-electron chi connectivity index (χ4n) is 2.70. The van der Waals surface area contributed by atoms with Gasteiger partial charge in [-0.2, -0.15) is 0 Å². The van der Waals surface area contributed by atoms with Gasteiger partial charge in [-0.1, -0.05) is 13.0 Å². The van der Waals surface area contributed by atoms with Crippen molar-refractivity contribution in [3.63, 3.8) is 0 Å². The monoisotopic (exact) mass is 445 g/mol. The van der Waals surface area contributed by atoms with Crippen LogP contribution in [0.4, 0.5) is 5.69 Å². The molecule has 0 radical (unpaired) electrons. The quantitative estimate of drug-likeness (QED) is 0.536. The summed E-state index contributed by atoms with van der Waals surface area (Å²) in [6.07, 6.45) is 0.834. The number of carbonyl (C=O) groups excluding carboxylic acids is 2. The minimum absolute atomic E-state index is 0.0722. The Morgan fingerprint density at radius 2 is 1.61 bits per heavy atom. The standard InChI is InChI=1S/C22H27N3O5S/c1-6-13(2)23-20(26)14-8-7-9-16(10-14)24-22(31)25-21(27)15-11-17(28-3)19(30-5)18(12-15)29-4/h7-13H,6H2,1-5H3,(H,23,26)(H2,24,25,27,31). The molecule has 1 atom stereocenters. The molecule has 2 amide bonds. The van der Waals surface area contributed by atoms with Gasteiger partial charge in [-0.3, -0.25) is 14.9 Å². The van der Waals surface area contributed by atoms with Crippen LogP contribution in [-0.2, 0) is 0 Å². The number of amides is 2. The van der Waals surface area contributed by atoms with Gasteiger partial charge in [0.05, 0.1) is 21.3 Å². The Balaban J connectivity index is 2.10. The Morgan fingerprint density at radius 1 is 0.968 bits per heavy atom. The van der Waals surface area contributed by atoms with E-state index in [2.05, 4.69) is 16.0 Å². The van der Waals surface area contributed by atoms with E-state index in [4.69, 9.17) is 26.4 Å². The van der Waals surface area contributed by atoms with Crippen molar-refractivity contribution in [3.05, 3.63) is 47.5 Å². The first kappa shape index (κ1) is 23.9. The van der Waals surface area contributed by atoms with E-state index >= 15 is 0 Å². The Hall–Kier alpha value is -3.33. The summed E-state index contributed by atoms with van der Waals surface area (Å²) in [6.45, 7) is 3.94. The first-order chi connectivity index (χ1) is 14.8. The van der Waals surface area contributed by atoms with Gasteiger partial charge in [0.2, 0.25) is 5.75 Å². The highest BCUT2D eigenvalue weighted by atomic mass is 32.1. The predicted molar refractivity (Wildman–Crippen MR) is 123 cm³/mol. The van der Waals surface area contributed by atoms with Crippen LogP contribution in [0.1, 0.15) is 41.0 Å². The third-order valence-corrected chi connectivity index (χ3v) is 4.73. The summed E-state index contributed by atoms with van der Waals surface area (Å²) in [7, 11) is 4.42. The van der Waals surface area contributed by atoms with Gasteiger partial charge in [0, 0.05) is 22.9 Å². The number of anilines is 1. The van der Waals surface area contributed by atoms with Crippen LogP contribution in [0.25, 0.3) is 0 Å². The van der Waals surface area contributed by atoms with Gasteiger partial charge in [0.15, 0.2) is 16.6 Å². The van der Waals surface area contributed by atoms with Gasteiger partial charge < -0.3 is 24.8 Å². The van der Waals surface area contributed by atoms with Crippen molar-refractivity contribution in [2.24, 2.45) is 0 Å². The van der Waals surface area contributed by atoms with Crippen molar-refractivity contribution in [1.82, 2.24) is 10.6 Å². The molecule has 0 aliphatic rings. The smallest absolute Gasteiger partial charge is 0.257 e. The zero-order valence-electron chi connectivity index (χ0n) is 18.2. The molecule has 0 aromatic heterocycles. The molecule has 166 valence electrons. The molecule has 31 heavy (non-hydrogen) atoms. The lowest BCUT2D eigenvalue weighted by Gasteiger charge is -2.15. The average Bonchev–Trinajstić information content (AvgIpc) is 2.77. The average molecular weight is 446 g/mol. The minimum atomic E-state index is -0.456. The molecule has 0 aliphatic carbocycles. The highest BCUT2D eigenvalue weighted by Gasteiger charge is 2.18. The summed E-state index contributed by atoms with van der Waals surface area (Å²) in [5.74, 6) is 0.458. The lowest BCUT2D eigenvalue weighted by Crippen LogP contribution is -2.34. The number of ether oxygens (including phenoxy) is 3. The van der Waals surface area contributed by atoms with Gasteiger partial charge in [-0.05, 0) is 55.9 Å². The van der Waals surface area contributed by atoms with Crippen molar-refractivity contribution in [2.75, 3.05) is 26.6 Å². The number of benzene rings is 2.